The van der Waals surface area contributed by atoms with Crippen molar-refractivity contribution in [2.24, 2.45) is 5.92 Å². The molecule has 0 radical (unpaired) electrons. The van der Waals surface area contributed by atoms with Crippen molar-refractivity contribution < 1.29 is 32.9 Å². The number of fused-ring (bicyclic) bond motifs is 4. The quantitative estimate of drug-likeness (QED) is 0.402. The molecule has 0 unspecified atom stereocenters. The summed E-state index contributed by atoms with van der Waals surface area (Å²) in [6, 6.07) is 9.20. The number of rotatable bonds is 5. The van der Waals surface area contributed by atoms with Gasteiger partial charge in [-0.3, -0.25) is 19.2 Å². The summed E-state index contributed by atoms with van der Waals surface area (Å²) >= 11 is 0. The number of carbonyl (C=O) groups excluding carboxylic acids is 4. The predicted octanol–water partition coefficient (Wildman–Crippen LogP) is 2.16. The van der Waals surface area contributed by atoms with E-state index >= 15 is 0 Å². The van der Waals surface area contributed by atoms with Gasteiger partial charge in [0.25, 0.3) is 17.7 Å². The van der Waals surface area contributed by atoms with Crippen LogP contribution in [0.25, 0.3) is 0 Å². The van der Waals surface area contributed by atoms with Crippen LogP contribution in [0.3, 0.4) is 0 Å². The third kappa shape index (κ3) is 7.66. The lowest BCUT2D eigenvalue weighted by Crippen LogP contribution is -2.50. The third-order valence-corrected chi connectivity index (χ3v) is 7.31. The minimum atomic E-state index is -0.931. The molecule has 4 heterocycles. The molecule has 0 saturated carbocycles. The molecule has 1 aromatic carbocycles. The van der Waals surface area contributed by atoms with E-state index < -0.39 is 35.9 Å². The molecule has 13 nitrogen and oxygen atoms in total. The highest BCUT2D eigenvalue weighted by Gasteiger charge is 2.31. The number of hydrogen-bond donors (Lipinski definition) is 3. The Labute approximate surface area is 248 Å². The molecule has 1 saturated heterocycles. The molecule has 4 amide bonds. The van der Waals surface area contributed by atoms with Crippen molar-refractivity contribution in [1.29, 1.82) is 0 Å². The lowest BCUT2D eigenvalue weighted by atomic mass is 10.0. The van der Waals surface area contributed by atoms with Crippen LogP contribution in [0.15, 0.2) is 51.6 Å². The van der Waals surface area contributed by atoms with Crippen LogP contribution in [-0.4, -0.2) is 70.5 Å². The molecular weight excluding hydrogens is 556 g/mol. The smallest absolute Gasteiger partial charge is 0.274 e. The highest BCUT2D eigenvalue weighted by Crippen LogP contribution is 2.22. The first kappa shape index (κ1) is 30.0. The van der Waals surface area contributed by atoms with E-state index in [0.717, 1.165) is 12.0 Å². The number of hydrogen-bond acceptors (Lipinski definition) is 9. The van der Waals surface area contributed by atoms with Crippen molar-refractivity contribution in [3.8, 4) is 0 Å². The van der Waals surface area contributed by atoms with Crippen molar-refractivity contribution in [1.82, 2.24) is 31.0 Å². The van der Waals surface area contributed by atoms with E-state index in [2.05, 4.69) is 26.1 Å². The SMILES string of the molecule is CC(C)C[C@H]1NC(=O)c2cc(on2)CN(C(=O)[C@H]2CCCO2)CCNC(=O)[C@H](Cc2ccccc2)NC(=O)c2coc1n2. The van der Waals surface area contributed by atoms with Gasteiger partial charge in [0.2, 0.25) is 11.8 Å². The summed E-state index contributed by atoms with van der Waals surface area (Å²) in [5, 5.41) is 12.4. The molecule has 4 bridgehead atoms. The number of ether oxygens (including phenoxy) is 1. The molecule has 0 aliphatic carbocycles. The monoisotopic (exact) mass is 592 g/mol. The Hall–Kier alpha value is -4.52. The Balaban J connectivity index is 1.45. The molecule has 2 aromatic heterocycles. The van der Waals surface area contributed by atoms with Gasteiger partial charge in [0.15, 0.2) is 17.1 Å². The van der Waals surface area contributed by atoms with Crippen LogP contribution in [0, 0.1) is 5.92 Å². The first-order chi connectivity index (χ1) is 20.8. The Morgan fingerprint density at radius 1 is 1.07 bits per heavy atom. The van der Waals surface area contributed by atoms with Crippen molar-refractivity contribution in [2.75, 3.05) is 19.7 Å². The summed E-state index contributed by atoms with van der Waals surface area (Å²) in [7, 11) is 0. The summed E-state index contributed by atoms with van der Waals surface area (Å²) in [5.41, 5.74) is 0.847. The Bertz CT molecular complexity index is 1430. The minimum Gasteiger partial charge on any atom is -0.446 e. The molecule has 43 heavy (non-hydrogen) atoms. The summed E-state index contributed by atoms with van der Waals surface area (Å²) in [6.07, 6.45) is 2.69. The van der Waals surface area contributed by atoms with Crippen LogP contribution in [-0.2, 0) is 27.3 Å². The van der Waals surface area contributed by atoms with Gasteiger partial charge in [0, 0.05) is 32.2 Å². The molecule has 3 atom stereocenters. The summed E-state index contributed by atoms with van der Waals surface area (Å²) in [6.45, 7) is 4.73. The number of nitrogens with one attached hydrogen (secondary N) is 3. The van der Waals surface area contributed by atoms with Crippen LogP contribution in [0.2, 0.25) is 0 Å². The van der Waals surface area contributed by atoms with Gasteiger partial charge < -0.3 is 34.5 Å². The summed E-state index contributed by atoms with van der Waals surface area (Å²) < 4.78 is 16.7. The van der Waals surface area contributed by atoms with E-state index in [9.17, 15) is 19.2 Å². The predicted molar refractivity (Wildman–Crippen MR) is 151 cm³/mol. The van der Waals surface area contributed by atoms with E-state index in [1.54, 1.807) is 0 Å². The minimum absolute atomic E-state index is 0.0240. The largest absolute Gasteiger partial charge is 0.446 e. The van der Waals surface area contributed by atoms with Crippen LogP contribution in [0.5, 0.6) is 0 Å². The van der Waals surface area contributed by atoms with Gasteiger partial charge in [-0.2, -0.15) is 0 Å². The zero-order valence-electron chi connectivity index (χ0n) is 24.2. The number of nitrogens with zero attached hydrogens (tertiary/aromatic N) is 3. The van der Waals surface area contributed by atoms with E-state index in [1.165, 1.54) is 17.2 Å². The van der Waals surface area contributed by atoms with Crippen molar-refractivity contribution >= 4 is 23.6 Å². The average Bonchev–Trinajstić information content (AvgIpc) is 3.78. The van der Waals surface area contributed by atoms with Crippen LogP contribution >= 0.6 is 0 Å². The molecule has 13 heteroatoms. The van der Waals surface area contributed by atoms with Gasteiger partial charge in [0.05, 0.1) is 6.54 Å². The average molecular weight is 593 g/mol. The van der Waals surface area contributed by atoms with Crippen LogP contribution < -0.4 is 16.0 Å². The summed E-state index contributed by atoms with van der Waals surface area (Å²) in [5.74, 6) is -1.17. The summed E-state index contributed by atoms with van der Waals surface area (Å²) in [4.78, 5) is 59.0. The number of aromatic nitrogens is 2. The van der Waals surface area contributed by atoms with E-state index in [4.69, 9.17) is 13.7 Å². The van der Waals surface area contributed by atoms with E-state index in [0.29, 0.717) is 25.2 Å². The topological polar surface area (TPSA) is 169 Å². The number of oxazole rings is 1. The fourth-order valence-electron chi connectivity index (χ4n) is 5.13. The second-order valence-electron chi connectivity index (χ2n) is 11.2. The maximum absolute atomic E-state index is 13.4. The van der Waals surface area contributed by atoms with Gasteiger partial charge >= 0.3 is 0 Å². The van der Waals surface area contributed by atoms with E-state index in [-0.39, 0.29) is 55.2 Å². The lowest BCUT2D eigenvalue weighted by molar-refractivity contribution is -0.142. The molecule has 2 aliphatic rings. The number of amides is 4. The van der Waals surface area contributed by atoms with Crippen molar-refractivity contribution in [3.63, 3.8) is 0 Å². The highest BCUT2D eigenvalue weighted by atomic mass is 16.5. The van der Waals surface area contributed by atoms with Crippen LogP contribution in [0.4, 0.5) is 0 Å². The Kier molecular flexibility index (Phi) is 9.50. The Morgan fingerprint density at radius 2 is 1.84 bits per heavy atom. The molecule has 3 N–H and O–H groups in total. The maximum atomic E-state index is 13.4. The second-order valence-corrected chi connectivity index (χ2v) is 11.2. The van der Waals surface area contributed by atoms with Crippen molar-refractivity contribution in [3.05, 3.63) is 71.3 Å². The van der Waals surface area contributed by atoms with Gasteiger partial charge in [-0.25, -0.2) is 4.98 Å². The lowest BCUT2D eigenvalue weighted by Gasteiger charge is -2.25. The molecule has 5 rings (SSSR count). The molecule has 3 aromatic rings. The first-order valence-corrected chi connectivity index (χ1v) is 14.5. The fraction of sp³-hybridized carbons (Fsp3) is 0.467. The van der Waals surface area contributed by atoms with Gasteiger partial charge in [-0.05, 0) is 30.7 Å². The standard InChI is InChI=1S/C30H36N6O7/c1-18(2)13-23-29-34-24(17-42-29)28(39)32-21(14-19-7-4-3-5-8-19)26(37)31-10-11-36(30(40)25-9-6-12-41-25)16-20-15-22(35-43-20)27(38)33-23/h3-5,7-8,15,17-18,21,23,25H,6,9-14,16H2,1-2H3,(H,31,37)(H,32,39)(H,33,38)/t21-,23+,25+/m0/s1. The highest BCUT2D eigenvalue weighted by molar-refractivity contribution is 5.96. The van der Waals surface area contributed by atoms with Gasteiger partial charge in [-0.1, -0.05) is 49.3 Å². The first-order valence-electron chi connectivity index (χ1n) is 14.5. The Morgan fingerprint density at radius 3 is 2.58 bits per heavy atom. The van der Waals surface area contributed by atoms with Gasteiger partial charge in [0.1, 0.15) is 24.5 Å². The molecule has 2 aliphatic heterocycles. The molecule has 1 fully saturated rings. The molecule has 228 valence electrons. The van der Waals surface area contributed by atoms with Crippen LogP contribution in [0.1, 0.15) is 77.3 Å². The van der Waals surface area contributed by atoms with E-state index in [1.807, 2.05) is 44.2 Å². The molecular formula is C30H36N6O7. The zero-order valence-corrected chi connectivity index (χ0v) is 24.2. The second kappa shape index (κ2) is 13.6. The number of carbonyl (C=O) groups is 4. The molecule has 0 spiro atoms. The normalized spacial score (nSPS) is 22.0. The van der Waals surface area contributed by atoms with Gasteiger partial charge in [-0.15, -0.1) is 0 Å². The number of benzene rings is 1. The zero-order chi connectivity index (χ0) is 30.3. The maximum Gasteiger partial charge on any atom is 0.274 e. The fourth-order valence-corrected chi connectivity index (χ4v) is 5.13. The third-order valence-electron chi connectivity index (χ3n) is 7.31. The van der Waals surface area contributed by atoms with Crippen molar-refractivity contribution in [2.45, 2.75) is 64.3 Å².